The number of hydrogen-bond acceptors (Lipinski definition) is 6. The van der Waals surface area contributed by atoms with Crippen molar-refractivity contribution in [2.24, 2.45) is 4.99 Å². The Bertz CT molecular complexity index is 353. The van der Waals surface area contributed by atoms with Gasteiger partial charge in [0.15, 0.2) is 5.71 Å². The van der Waals surface area contributed by atoms with E-state index in [-0.39, 0.29) is 30.2 Å². The summed E-state index contributed by atoms with van der Waals surface area (Å²) in [6.07, 6.45) is 0. The predicted molar refractivity (Wildman–Crippen MR) is 62.0 cm³/mol. The summed E-state index contributed by atoms with van der Waals surface area (Å²) < 4.78 is 9.24. The van der Waals surface area contributed by atoms with Gasteiger partial charge in [0.1, 0.15) is 11.3 Å². The zero-order valence-corrected chi connectivity index (χ0v) is 10.4. The molecule has 0 atom stereocenters. The quantitative estimate of drug-likeness (QED) is 0.337. The second kappa shape index (κ2) is 7.43. The molecule has 0 bridgehead atoms. The van der Waals surface area contributed by atoms with Gasteiger partial charge in [-0.2, -0.15) is 0 Å². The van der Waals surface area contributed by atoms with Gasteiger partial charge >= 0.3 is 11.9 Å². The average molecular weight is 243 g/mol. The molecule has 0 saturated carbocycles. The maximum atomic E-state index is 11.6. The summed E-state index contributed by atoms with van der Waals surface area (Å²) in [6.45, 7) is 5.04. The molecule has 0 rings (SSSR count). The number of nitrogens with zero attached hydrogens (tertiary/aromatic N) is 1. The second-order valence-electron chi connectivity index (χ2n) is 3.00. The van der Waals surface area contributed by atoms with Gasteiger partial charge in [-0.1, -0.05) is 0 Å². The number of allylic oxidation sites excluding steroid dienone is 1. The molecule has 0 saturated heterocycles. The predicted octanol–water partition coefficient (Wildman–Crippen LogP) is 1.02. The fraction of sp³-hybridized carbons (Fsp3) is 0.545. The number of carbonyl (C=O) groups is 2. The van der Waals surface area contributed by atoms with E-state index in [1.54, 1.807) is 13.8 Å². The highest BCUT2D eigenvalue weighted by molar-refractivity contribution is 6.49. The molecule has 0 aliphatic heterocycles. The van der Waals surface area contributed by atoms with Crippen LogP contribution in [0.3, 0.4) is 0 Å². The number of aliphatic hydroxyl groups excluding tert-OH is 1. The Hall–Kier alpha value is -1.85. The molecule has 0 aliphatic rings. The Morgan fingerprint density at radius 2 is 1.82 bits per heavy atom. The summed E-state index contributed by atoms with van der Waals surface area (Å²) in [5, 5.41) is 9.42. The van der Waals surface area contributed by atoms with Gasteiger partial charge in [-0.15, -0.1) is 0 Å². The number of ether oxygens (including phenoxy) is 2. The van der Waals surface area contributed by atoms with E-state index < -0.39 is 11.9 Å². The first-order valence-electron chi connectivity index (χ1n) is 5.19. The molecule has 0 aromatic rings. The fourth-order valence-corrected chi connectivity index (χ4v) is 1.12. The summed E-state index contributed by atoms with van der Waals surface area (Å²) in [4.78, 5) is 26.9. The summed E-state index contributed by atoms with van der Waals surface area (Å²) in [6, 6.07) is 0. The van der Waals surface area contributed by atoms with Crippen LogP contribution in [0.15, 0.2) is 16.3 Å². The number of aliphatic imine (C=N–C) groups is 1. The molecule has 6 heteroatoms. The van der Waals surface area contributed by atoms with Crippen LogP contribution < -0.4 is 0 Å². The van der Waals surface area contributed by atoms with Crippen LogP contribution in [0.25, 0.3) is 0 Å². The van der Waals surface area contributed by atoms with E-state index in [2.05, 4.69) is 9.73 Å². The minimum Gasteiger partial charge on any atom is -0.512 e. The largest absolute Gasteiger partial charge is 0.512 e. The molecule has 0 aromatic heterocycles. The lowest BCUT2D eigenvalue weighted by Gasteiger charge is -2.09. The van der Waals surface area contributed by atoms with Gasteiger partial charge in [0.25, 0.3) is 0 Å². The van der Waals surface area contributed by atoms with Crippen LogP contribution in [0.1, 0.15) is 20.8 Å². The minimum absolute atomic E-state index is 0.153. The van der Waals surface area contributed by atoms with Crippen molar-refractivity contribution < 1.29 is 24.2 Å². The smallest absolute Gasteiger partial charge is 0.357 e. The molecular formula is C11H17NO5. The highest BCUT2D eigenvalue weighted by atomic mass is 16.5. The highest BCUT2D eigenvalue weighted by Crippen LogP contribution is 2.09. The topological polar surface area (TPSA) is 85.2 Å². The first-order chi connectivity index (χ1) is 7.99. The monoisotopic (exact) mass is 243 g/mol. The standard InChI is InChI=1S/C11H17NO5/c1-5-12-9(11(15)17-6-2)8(7(3)13)10(14)16-4/h13H,5-6H2,1-4H3/b8-7-,12-9?. The number of aliphatic hydroxyl groups is 1. The van der Waals surface area contributed by atoms with Gasteiger partial charge < -0.3 is 14.6 Å². The van der Waals surface area contributed by atoms with Gasteiger partial charge in [0.05, 0.1) is 13.7 Å². The van der Waals surface area contributed by atoms with Crippen molar-refractivity contribution in [3.8, 4) is 0 Å². The van der Waals surface area contributed by atoms with E-state index in [9.17, 15) is 14.7 Å². The molecule has 0 unspecified atom stereocenters. The fourth-order valence-electron chi connectivity index (χ4n) is 1.12. The molecule has 6 nitrogen and oxygen atoms in total. The molecule has 96 valence electrons. The highest BCUT2D eigenvalue weighted by Gasteiger charge is 2.26. The third-order valence-corrected chi connectivity index (χ3v) is 1.77. The molecule has 0 fully saturated rings. The molecule has 0 radical (unpaired) electrons. The maximum Gasteiger partial charge on any atom is 0.357 e. The van der Waals surface area contributed by atoms with Crippen LogP contribution in [-0.2, 0) is 19.1 Å². The van der Waals surface area contributed by atoms with Crippen LogP contribution in [0.4, 0.5) is 0 Å². The first kappa shape index (κ1) is 15.2. The van der Waals surface area contributed by atoms with Gasteiger partial charge in [-0.25, -0.2) is 9.59 Å². The SMILES string of the molecule is CCN=C(C(=O)OCC)/C(C(=O)OC)=C(\C)O. The number of hydrogen-bond donors (Lipinski definition) is 1. The summed E-state index contributed by atoms with van der Waals surface area (Å²) >= 11 is 0. The van der Waals surface area contributed by atoms with Gasteiger partial charge in [0, 0.05) is 6.54 Å². The van der Waals surface area contributed by atoms with Gasteiger partial charge in [0.2, 0.25) is 0 Å². The normalized spacial score (nSPS) is 12.8. The average Bonchev–Trinajstić information content (AvgIpc) is 2.27. The molecule has 0 aromatic carbocycles. The van der Waals surface area contributed by atoms with Crippen molar-refractivity contribution in [1.82, 2.24) is 0 Å². The summed E-state index contributed by atoms with van der Waals surface area (Å²) in [5.41, 5.74) is -0.492. The van der Waals surface area contributed by atoms with E-state index >= 15 is 0 Å². The minimum atomic E-state index is -0.828. The zero-order chi connectivity index (χ0) is 13.4. The van der Waals surface area contributed by atoms with Crippen molar-refractivity contribution in [1.29, 1.82) is 0 Å². The summed E-state index contributed by atoms with van der Waals surface area (Å²) in [5.74, 6) is -1.93. The number of esters is 2. The molecule has 17 heavy (non-hydrogen) atoms. The van der Waals surface area contributed by atoms with Gasteiger partial charge in [-0.05, 0) is 20.8 Å². The molecular weight excluding hydrogens is 226 g/mol. The zero-order valence-electron chi connectivity index (χ0n) is 10.4. The van der Waals surface area contributed by atoms with Crippen LogP contribution in [0, 0.1) is 0 Å². The van der Waals surface area contributed by atoms with E-state index in [4.69, 9.17) is 4.74 Å². The van der Waals surface area contributed by atoms with E-state index in [1.807, 2.05) is 0 Å². The van der Waals surface area contributed by atoms with Crippen molar-refractivity contribution in [2.45, 2.75) is 20.8 Å². The van der Waals surface area contributed by atoms with Gasteiger partial charge in [-0.3, -0.25) is 4.99 Å². The number of methoxy groups -OCH3 is 1. The van der Waals surface area contributed by atoms with E-state index in [1.165, 1.54) is 6.92 Å². The Balaban J connectivity index is 5.44. The third kappa shape index (κ3) is 4.26. The molecule has 0 aliphatic carbocycles. The van der Waals surface area contributed by atoms with Crippen molar-refractivity contribution in [3.05, 3.63) is 11.3 Å². The molecule has 0 amide bonds. The first-order valence-corrected chi connectivity index (χ1v) is 5.19. The molecule has 1 N–H and O–H groups in total. The van der Waals surface area contributed by atoms with Crippen molar-refractivity contribution in [2.75, 3.05) is 20.3 Å². The lowest BCUT2D eigenvalue weighted by Crippen LogP contribution is -2.26. The van der Waals surface area contributed by atoms with E-state index in [0.29, 0.717) is 0 Å². The Morgan fingerprint density at radius 3 is 2.18 bits per heavy atom. The summed E-state index contributed by atoms with van der Waals surface area (Å²) in [7, 11) is 1.15. The van der Waals surface area contributed by atoms with Crippen LogP contribution in [0.5, 0.6) is 0 Å². The third-order valence-electron chi connectivity index (χ3n) is 1.77. The molecule has 0 spiro atoms. The number of carbonyl (C=O) groups excluding carboxylic acids is 2. The van der Waals surface area contributed by atoms with Crippen LogP contribution in [0.2, 0.25) is 0 Å². The number of rotatable bonds is 5. The molecule has 0 heterocycles. The Kier molecular flexibility index (Phi) is 6.62. The van der Waals surface area contributed by atoms with Crippen molar-refractivity contribution >= 4 is 17.7 Å². The Morgan fingerprint density at radius 1 is 1.24 bits per heavy atom. The lowest BCUT2D eigenvalue weighted by atomic mass is 10.1. The van der Waals surface area contributed by atoms with Crippen LogP contribution >= 0.6 is 0 Å². The van der Waals surface area contributed by atoms with E-state index in [0.717, 1.165) is 7.11 Å². The second-order valence-corrected chi connectivity index (χ2v) is 3.00. The Labute approximate surface area is 99.9 Å². The van der Waals surface area contributed by atoms with Crippen molar-refractivity contribution in [3.63, 3.8) is 0 Å². The lowest BCUT2D eigenvalue weighted by molar-refractivity contribution is -0.138. The maximum absolute atomic E-state index is 11.6. The van der Waals surface area contributed by atoms with Crippen LogP contribution in [-0.4, -0.2) is 43.0 Å².